The van der Waals surface area contributed by atoms with E-state index in [1.54, 1.807) is 0 Å². The summed E-state index contributed by atoms with van der Waals surface area (Å²) in [5, 5.41) is 10.2. The van der Waals surface area contributed by atoms with Crippen molar-refractivity contribution in [2.45, 2.75) is 51.2 Å². The molecular formula is C20H29NOS2. The van der Waals surface area contributed by atoms with Crippen LogP contribution in [0.1, 0.15) is 38.2 Å². The van der Waals surface area contributed by atoms with E-state index in [9.17, 15) is 5.11 Å². The van der Waals surface area contributed by atoms with Crippen molar-refractivity contribution in [1.82, 2.24) is 4.90 Å². The Kier molecular flexibility index (Phi) is 8.86. The first-order valence-electron chi connectivity index (χ1n) is 8.98. The lowest BCUT2D eigenvalue weighted by Crippen LogP contribution is -2.33. The molecule has 1 heterocycles. The highest BCUT2D eigenvalue weighted by Gasteiger charge is 2.25. The molecule has 1 fully saturated rings. The van der Waals surface area contributed by atoms with E-state index in [-0.39, 0.29) is 0 Å². The summed E-state index contributed by atoms with van der Waals surface area (Å²) in [6.07, 6.45) is 8.98. The third kappa shape index (κ3) is 6.58. The molecule has 1 aliphatic rings. The van der Waals surface area contributed by atoms with Gasteiger partial charge in [-0.25, -0.2) is 0 Å². The van der Waals surface area contributed by atoms with E-state index in [1.807, 2.05) is 36.0 Å². The molecular weight excluding hydrogens is 334 g/mol. The van der Waals surface area contributed by atoms with Gasteiger partial charge in [-0.05, 0) is 24.2 Å². The Balaban J connectivity index is 1.79. The van der Waals surface area contributed by atoms with E-state index in [4.69, 9.17) is 12.2 Å². The summed E-state index contributed by atoms with van der Waals surface area (Å²) in [6, 6.07) is 10.5. The molecule has 0 unspecified atom stereocenters. The van der Waals surface area contributed by atoms with Crippen LogP contribution in [-0.4, -0.2) is 45.2 Å². The van der Waals surface area contributed by atoms with E-state index in [0.29, 0.717) is 12.5 Å². The highest BCUT2D eigenvalue weighted by Crippen LogP contribution is 2.22. The average Bonchev–Trinajstić information content (AvgIpc) is 2.94. The highest BCUT2D eigenvalue weighted by atomic mass is 32.2. The number of nitrogens with zero attached hydrogens (tertiary/aromatic N) is 1. The Morgan fingerprint density at radius 1 is 1.33 bits per heavy atom. The molecule has 1 aromatic carbocycles. The summed E-state index contributed by atoms with van der Waals surface area (Å²) in [7, 11) is 0. The first-order chi connectivity index (χ1) is 11.7. The van der Waals surface area contributed by atoms with Gasteiger partial charge in [0.1, 0.15) is 0 Å². The summed E-state index contributed by atoms with van der Waals surface area (Å²) < 4.78 is 0. The Labute approximate surface area is 156 Å². The van der Waals surface area contributed by atoms with Crippen LogP contribution in [0.4, 0.5) is 0 Å². The number of likely N-dealkylation sites (tertiary alicyclic amines) is 1. The van der Waals surface area contributed by atoms with Gasteiger partial charge in [0.05, 0.1) is 11.1 Å². The molecule has 0 saturated carbocycles. The van der Waals surface area contributed by atoms with Crippen molar-refractivity contribution in [2.75, 3.05) is 18.1 Å². The van der Waals surface area contributed by atoms with Crippen molar-refractivity contribution in [3.63, 3.8) is 0 Å². The molecule has 1 aromatic rings. The summed E-state index contributed by atoms with van der Waals surface area (Å²) in [6.45, 7) is 3.26. The molecule has 0 radical (unpaired) electrons. The van der Waals surface area contributed by atoms with Gasteiger partial charge in [0.2, 0.25) is 0 Å². The Bertz CT molecular complexity index is 518. The fourth-order valence-electron chi connectivity index (χ4n) is 2.94. The predicted molar refractivity (Wildman–Crippen MR) is 110 cm³/mol. The Hall–Kier alpha value is -0.840. The summed E-state index contributed by atoms with van der Waals surface area (Å²) in [5.74, 6) is 2.38. The van der Waals surface area contributed by atoms with Crippen molar-refractivity contribution in [3.8, 4) is 0 Å². The number of thiocarbonyl (C=S) groups is 1. The monoisotopic (exact) mass is 363 g/mol. The van der Waals surface area contributed by atoms with Crippen molar-refractivity contribution in [3.05, 3.63) is 48.0 Å². The molecule has 0 spiro atoms. The lowest BCUT2D eigenvalue weighted by atomic mass is 10.1. The molecule has 24 heavy (non-hydrogen) atoms. The molecule has 0 aromatic heterocycles. The van der Waals surface area contributed by atoms with E-state index in [2.05, 4.69) is 30.0 Å². The summed E-state index contributed by atoms with van der Waals surface area (Å²) in [4.78, 5) is 3.43. The fourth-order valence-corrected chi connectivity index (χ4v) is 4.31. The van der Waals surface area contributed by atoms with E-state index >= 15 is 0 Å². The van der Waals surface area contributed by atoms with Gasteiger partial charge in [0.25, 0.3) is 0 Å². The number of rotatable bonds is 10. The van der Waals surface area contributed by atoms with Crippen molar-refractivity contribution < 1.29 is 5.11 Å². The molecule has 2 rings (SSSR count). The number of hydrogen-bond acceptors (Lipinski definition) is 3. The number of unbranched alkanes of at least 4 members (excludes halogenated alkanes) is 1. The molecule has 1 N–H and O–H groups in total. The number of aliphatic hydroxyl groups excluding tert-OH is 1. The standard InChI is InChI=1S/C20H29NOS2/c1-2-3-14-24-15-13-21-18(10-12-20(21)23)9-11-19(22)16-17-7-5-4-6-8-17/h4-9,11,18-19,22H,2-3,10,12-16H2,1H3/b11-9+/t18-,19+/m0/s1. The van der Waals surface area contributed by atoms with Crippen LogP contribution in [0.15, 0.2) is 42.5 Å². The summed E-state index contributed by atoms with van der Waals surface area (Å²) in [5.41, 5.74) is 1.17. The van der Waals surface area contributed by atoms with Crippen LogP contribution in [0.25, 0.3) is 0 Å². The molecule has 1 aliphatic heterocycles. The first-order valence-corrected chi connectivity index (χ1v) is 10.5. The fraction of sp³-hybridized carbons (Fsp3) is 0.550. The minimum Gasteiger partial charge on any atom is -0.389 e. The van der Waals surface area contributed by atoms with E-state index < -0.39 is 6.10 Å². The largest absolute Gasteiger partial charge is 0.389 e. The first kappa shape index (κ1) is 19.5. The van der Waals surface area contributed by atoms with Gasteiger partial charge in [0, 0.05) is 31.2 Å². The molecule has 0 bridgehead atoms. The zero-order chi connectivity index (χ0) is 17.2. The number of benzene rings is 1. The van der Waals surface area contributed by atoms with Crippen molar-refractivity contribution >= 4 is 29.0 Å². The normalized spacial score (nSPS) is 19.3. The second-order valence-corrected chi connectivity index (χ2v) is 8.00. The van der Waals surface area contributed by atoms with Crippen LogP contribution in [0.3, 0.4) is 0 Å². The predicted octanol–water partition coefficient (Wildman–Crippen LogP) is 4.47. The maximum Gasteiger partial charge on any atom is 0.0785 e. The van der Waals surface area contributed by atoms with Gasteiger partial charge < -0.3 is 10.0 Å². The SMILES string of the molecule is CCCCSCCN1C(=S)CC[C@@H]1/C=C/[C@@H](O)Cc1ccccc1. The van der Waals surface area contributed by atoms with Gasteiger partial charge in [-0.2, -0.15) is 11.8 Å². The second kappa shape index (κ2) is 10.9. The highest BCUT2D eigenvalue weighted by molar-refractivity contribution is 7.99. The maximum absolute atomic E-state index is 10.2. The van der Waals surface area contributed by atoms with Crippen LogP contribution >= 0.6 is 24.0 Å². The van der Waals surface area contributed by atoms with Crippen LogP contribution in [0.2, 0.25) is 0 Å². The molecule has 0 aliphatic carbocycles. The van der Waals surface area contributed by atoms with Crippen molar-refractivity contribution in [1.29, 1.82) is 0 Å². The van der Waals surface area contributed by atoms with Crippen LogP contribution in [-0.2, 0) is 6.42 Å². The van der Waals surface area contributed by atoms with Gasteiger partial charge in [0.15, 0.2) is 0 Å². The zero-order valence-corrected chi connectivity index (χ0v) is 16.2. The molecule has 4 heteroatoms. The molecule has 0 amide bonds. The maximum atomic E-state index is 10.2. The number of aliphatic hydroxyl groups is 1. The minimum absolute atomic E-state index is 0.356. The molecule has 132 valence electrons. The third-order valence-corrected chi connectivity index (χ3v) is 5.82. The quantitative estimate of drug-likeness (QED) is 0.376. The number of hydrogen-bond donors (Lipinski definition) is 1. The summed E-state index contributed by atoms with van der Waals surface area (Å²) >= 11 is 7.54. The van der Waals surface area contributed by atoms with Gasteiger partial charge in [-0.1, -0.05) is 68.0 Å². The van der Waals surface area contributed by atoms with Crippen LogP contribution < -0.4 is 0 Å². The van der Waals surface area contributed by atoms with Gasteiger partial charge in [-0.15, -0.1) is 0 Å². The lowest BCUT2D eigenvalue weighted by molar-refractivity contribution is 0.222. The minimum atomic E-state index is -0.428. The van der Waals surface area contributed by atoms with Crippen molar-refractivity contribution in [2.24, 2.45) is 0 Å². The topological polar surface area (TPSA) is 23.5 Å². The van der Waals surface area contributed by atoms with Crippen LogP contribution in [0.5, 0.6) is 0 Å². The average molecular weight is 364 g/mol. The van der Waals surface area contributed by atoms with Gasteiger partial charge >= 0.3 is 0 Å². The van der Waals surface area contributed by atoms with E-state index in [0.717, 1.165) is 30.1 Å². The van der Waals surface area contributed by atoms with E-state index in [1.165, 1.54) is 24.2 Å². The Morgan fingerprint density at radius 2 is 2.12 bits per heavy atom. The molecule has 1 saturated heterocycles. The molecule has 2 atom stereocenters. The number of thioether (sulfide) groups is 1. The molecule has 2 nitrogen and oxygen atoms in total. The zero-order valence-electron chi connectivity index (χ0n) is 14.6. The third-order valence-electron chi connectivity index (χ3n) is 4.34. The Morgan fingerprint density at radius 3 is 2.88 bits per heavy atom. The second-order valence-electron chi connectivity index (χ2n) is 6.30. The van der Waals surface area contributed by atoms with Crippen LogP contribution in [0, 0.1) is 0 Å². The van der Waals surface area contributed by atoms with Gasteiger partial charge in [-0.3, -0.25) is 0 Å². The lowest BCUT2D eigenvalue weighted by Gasteiger charge is -2.24. The smallest absolute Gasteiger partial charge is 0.0785 e.